The molecule has 1 unspecified atom stereocenters. The molecule has 1 fully saturated rings. The molecule has 1 saturated carbocycles. The zero-order chi connectivity index (χ0) is 13.2. The number of thiazole rings is 1. The fraction of sp³-hybridized carbons (Fsp3) is 0.643. The van der Waals surface area contributed by atoms with E-state index >= 15 is 0 Å². The van der Waals surface area contributed by atoms with Gasteiger partial charge in [-0.15, -0.1) is 23.1 Å². The summed E-state index contributed by atoms with van der Waals surface area (Å²) in [6.07, 6.45) is 9.87. The molecule has 3 nitrogen and oxygen atoms in total. The van der Waals surface area contributed by atoms with Crippen molar-refractivity contribution < 1.29 is 0 Å². The second-order valence-electron chi connectivity index (χ2n) is 5.48. The molecule has 2 aromatic rings. The number of imidazole rings is 1. The van der Waals surface area contributed by atoms with Gasteiger partial charge in [-0.05, 0) is 19.8 Å². The molecule has 0 bridgehead atoms. The average molecular weight is 295 g/mol. The Bertz CT molecular complexity index is 538. The van der Waals surface area contributed by atoms with Crippen molar-refractivity contribution in [3.05, 3.63) is 17.3 Å². The Morgan fingerprint density at radius 1 is 1.47 bits per heavy atom. The molecule has 0 spiro atoms. The lowest BCUT2D eigenvalue weighted by molar-refractivity contribution is 0.515. The number of hydrogen-bond donors (Lipinski definition) is 1. The number of hydrogen-bond acceptors (Lipinski definition) is 4. The van der Waals surface area contributed by atoms with Gasteiger partial charge >= 0.3 is 0 Å². The SMILES string of the molecule is CC(N)Cc1c(SC2CCCCC2)nc2sccn12. The Balaban J connectivity index is 1.85. The van der Waals surface area contributed by atoms with Gasteiger partial charge in [-0.3, -0.25) is 4.40 Å². The van der Waals surface area contributed by atoms with Crippen LogP contribution in [-0.2, 0) is 6.42 Å². The molecule has 0 aromatic carbocycles. The van der Waals surface area contributed by atoms with E-state index in [1.807, 2.05) is 11.8 Å². The van der Waals surface area contributed by atoms with Crippen molar-refractivity contribution in [2.45, 2.75) is 61.8 Å². The van der Waals surface area contributed by atoms with E-state index in [0.717, 1.165) is 16.6 Å². The molecule has 2 heterocycles. The summed E-state index contributed by atoms with van der Waals surface area (Å²) in [6.45, 7) is 2.07. The van der Waals surface area contributed by atoms with Crippen LogP contribution in [0.2, 0.25) is 0 Å². The lowest BCUT2D eigenvalue weighted by Gasteiger charge is -2.20. The predicted octanol–water partition coefficient (Wildman–Crippen LogP) is 3.71. The van der Waals surface area contributed by atoms with Gasteiger partial charge in [0.05, 0.1) is 5.69 Å². The van der Waals surface area contributed by atoms with Crippen molar-refractivity contribution in [3.63, 3.8) is 0 Å². The third-order valence-electron chi connectivity index (χ3n) is 3.67. The van der Waals surface area contributed by atoms with Crippen LogP contribution in [0.5, 0.6) is 0 Å². The van der Waals surface area contributed by atoms with Crippen LogP contribution < -0.4 is 5.73 Å². The van der Waals surface area contributed by atoms with Crippen LogP contribution in [0.3, 0.4) is 0 Å². The monoisotopic (exact) mass is 295 g/mol. The highest BCUT2D eigenvalue weighted by Gasteiger charge is 2.20. The van der Waals surface area contributed by atoms with Gasteiger partial charge in [0.1, 0.15) is 5.03 Å². The molecule has 2 aromatic heterocycles. The van der Waals surface area contributed by atoms with Crippen molar-refractivity contribution in [2.75, 3.05) is 0 Å². The lowest BCUT2D eigenvalue weighted by Crippen LogP contribution is -2.19. The largest absolute Gasteiger partial charge is 0.328 e. The van der Waals surface area contributed by atoms with E-state index in [1.54, 1.807) is 11.3 Å². The molecule has 1 aliphatic rings. The van der Waals surface area contributed by atoms with Crippen molar-refractivity contribution >= 4 is 28.1 Å². The second kappa shape index (κ2) is 5.85. The second-order valence-corrected chi connectivity index (χ2v) is 7.64. The first kappa shape index (κ1) is 13.5. The van der Waals surface area contributed by atoms with E-state index < -0.39 is 0 Å². The standard InChI is InChI=1S/C14H21N3S2/c1-10(15)9-12-13(16-14-17(12)7-8-18-14)19-11-5-3-2-4-6-11/h7-8,10-11H,2-6,9,15H2,1H3. The number of fused-ring (bicyclic) bond motifs is 1. The van der Waals surface area contributed by atoms with Gasteiger partial charge in [0.15, 0.2) is 4.96 Å². The van der Waals surface area contributed by atoms with Crippen molar-refractivity contribution in [1.29, 1.82) is 0 Å². The molecule has 2 N–H and O–H groups in total. The van der Waals surface area contributed by atoms with Gasteiger partial charge in [-0.25, -0.2) is 4.98 Å². The summed E-state index contributed by atoms with van der Waals surface area (Å²) in [5.41, 5.74) is 7.31. The molecule has 0 amide bonds. The molecule has 3 rings (SSSR count). The molecule has 1 atom stereocenters. The molecule has 0 saturated heterocycles. The van der Waals surface area contributed by atoms with Crippen molar-refractivity contribution in [1.82, 2.24) is 9.38 Å². The maximum absolute atomic E-state index is 6.00. The maximum atomic E-state index is 6.00. The zero-order valence-corrected chi connectivity index (χ0v) is 13.0. The summed E-state index contributed by atoms with van der Waals surface area (Å²) in [5.74, 6) is 0. The highest BCUT2D eigenvalue weighted by molar-refractivity contribution is 7.99. The quantitative estimate of drug-likeness (QED) is 0.935. The van der Waals surface area contributed by atoms with Crippen LogP contribution in [0, 0.1) is 0 Å². The molecule has 5 heteroatoms. The van der Waals surface area contributed by atoms with E-state index in [4.69, 9.17) is 10.7 Å². The van der Waals surface area contributed by atoms with Crippen LogP contribution in [-0.4, -0.2) is 20.7 Å². The molecule has 1 aliphatic carbocycles. The summed E-state index contributed by atoms with van der Waals surface area (Å²) in [7, 11) is 0. The number of rotatable bonds is 4. The predicted molar refractivity (Wildman–Crippen MR) is 83.2 cm³/mol. The average Bonchev–Trinajstić information content (AvgIpc) is 2.94. The number of nitrogens with zero attached hydrogens (tertiary/aromatic N) is 2. The topological polar surface area (TPSA) is 43.3 Å². The fourth-order valence-electron chi connectivity index (χ4n) is 2.74. The third kappa shape index (κ3) is 2.98. The Morgan fingerprint density at radius 3 is 3.00 bits per heavy atom. The normalized spacial score (nSPS) is 19.1. The van der Waals surface area contributed by atoms with E-state index in [1.165, 1.54) is 42.8 Å². The molecule has 19 heavy (non-hydrogen) atoms. The zero-order valence-electron chi connectivity index (χ0n) is 11.3. The fourth-order valence-corrected chi connectivity index (χ4v) is 4.87. The van der Waals surface area contributed by atoms with E-state index in [2.05, 4.69) is 22.9 Å². The van der Waals surface area contributed by atoms with Crippen molar-refractivity contribution in [3.8, 4) is 0 Å². The summed E-state index contributed by atoms with van der Waals surface area (Å²) in [6, 6.07) is 0.186. The van der Waals surface area contributed by atoms with Crippen molar-refractivity contribution in [2.24, 2.45) is 5.73 Å². The maximum Gasteiger partial charge on any atom is 0.194 e. The van der Waals surface area contributed by atoms with Crippen LogP contribution in [0.25, 0.3) is 4.96 Å². The van der Waals surface area contributed by atoms with Gasteiger partial charge in [0.2, 0.25) is 0 Å². The minimum atomic E-state index is 0.186. The van der Waals surface area contributed by atoms with Gasteiger partial charge in [0, 0.05) is 29.3 Å². The minimum Gasteiger partial charge on any atom is -0.328 e. The highest BCUT2D eigenvalue weighted by Crippen LogP contribution is 2.36. The first-order valence-corrected chi connectivity index (χ1v) is 8.86. The first-order valence-electron chi connectivity index (χ1n) is 7.10. The molecule has 0 radical (unpaired) electrons. The summed E-state index contributed by atoms with van der Waals surface area (Å²) in [5, 5.41) is 4.07. The number of nitrogens with two attached hydrogens (primary N) is 1. The molecular weight excluding hydrogens is 274 g/mol. The van der Waals surface area contributed by atoms with Crippen LogP contribution >= 0.6 is 23.1 Å². The summed E-state index contributed by atoms with van der Waals surface area (Å²) in [4.78, 5) is 5.91. The Morgan fingerprint density at radius 2 is 2.26 bits per heavy atom. The minimum absolute atomic E-state index is 0.186. The smallest absolute Gasteiger partial charge is 0.194 e. The summed E-state index contributed by atoms with van der Waals surface area (Å²) >= 11 is 3.69. The third-order valence-corrected chi connectivity index (χ3v) is 5.78. The Labute approximate surface area is 122 Å². The van der Waals surface area contributed by atoms with Crippen LogP contribution in [0.15, 0.2) is 16.6 Å². The molecule has 0 aliphatic heterocycles. The van der Waals surface area contributed by atoms with Crippen LogP contribution in [0.4, 0.5) is 0 Å². The van der Waals surface area contributed by atoms with Gasteiger partial charge in [-0.2, -0.15) is 0 Å². The number of aromatic nitrogens is 2. The number of thioether (sulfide) groups is 1. The van der Waals surface area contributed by atoms with E-state index in [0.29, 0.717) is 0 Å². The Hall–Kier alpha value is -0.520. The first-order chi connectivity index (χ1) is 9.24. The van der Waals surface area contributed by atoms with Gasteiger partial charge < -0.3 is 5.73 Å². The van der Waals surface area contributed by atoms with E-state index in [-0.39, 0.29) is 6.04 Å². The lowest BCUT2D eigenvalue weighted by atomic mass is 10.0. The Kier molecular flexibility index (Phi) is 4.15. The summed E-state index contributed by atoms with van der Waals surface area (Å²) < 4.78 is 2.22. The van der Waals surface area contributed by atoms with Gasteiger partial charge in [-0.1, -0.05) is 19.3 Å². The van der Waals surface area contributed by atoms with E-state index in [9.17, 15) is 0 Å². The molecular formula is C14H21N3S2. The molecule has 104 valence electrons. The highest BCUT2D eigenvalue weighted by atomic mass is 32.2. The van der Waals surface area contributed by atoms with Crippen LogP contribution in [0.1, 0.15) is 44.7 Å². The van der Waals surface area contributed by atoms with Gasteiger partial charge in [0.25, 0.3) is 0 Å².